The smallest absolute Gasteiger partial charge is 0.319 e. The molecule has 1 aromatic heterocycles. The maximum Gasteiger partial charge on any atom is 0.319 e. The molecule has 0 atom stereocenters. The molecule has 3 N–H and O–H groups in total. The van der Waals surface area contributed by atoms with E-state index < -0.39 is 0 Å². The van der Waals surface area contributed by atoms with Crippen LogP contribution in [0.3, 0.4) is 0 Å². The highest BCUT2D eigenvalue weighted by atomic mass is 16.2. The minimum absolute atomic E-state index is 0.0949. The van der Waals surface area contributed by atoms with Crippen LogP contribution in [0.15, 0.2) is 42.7 Å². The topological polar surface area (TPSA) is 83.1 Å². The summed E-state index contributed by atoms with van der Waals surface area (Å²) in [6.45, 7) is 3.88. The fourth-order valence-corrected chi connectivity index (χ4v) is 2.06. The van der Waals surface area contributed by atoms with Crippen LogP contribution in [0.1, 0.15) is 18.1 Å². The lowest BCUT2D eigenvalue weighted by molar-refractivity contribution is -0.114. The van der Waals surface area contributed by atoms with E-state index in [2.05, 4.69) is 20.9 Å². The van der Waals surface area contributed by atoms with E-state index in [1.54, 1.807) is 18.5 Å². The molecule has 0 spiro atoms. The molecule has 2 rings (SSSR count). The Kier molecular flexibility index (Phi) is 5.68. The monoisotopic (exact) mass is 312 g/mol. The summed E-state index contributed by atoms with van der Waals surface area (Å²) < 4.78 is 0. The lowest BCUT2D eigenvalue weighted by Crippen LogP contribution is -2.30. The molecule has 0 fully saturated rings. The van der Waals surface area contributed by atoms with Crippen LogP contribution in [0, 0.1) is 6.92 Å². The van der Waals surface area contributed by atoms with Gasteiger partial charge in [-0.3, -0.25) is 9.78 Å². The molecular weight excluding hydrogens is 292 g/mol. The maximum atomic E-state index is 11.8. The number of nitrogens with one attached hydrogen (secondary N) is 3. The third kappa shape index (κ3) is 5.43. The number of aryl methyl sites for hydroxylation is 1. The number of benzene rings is 1. The fourth-order valence-electron chi connectivity index (χ4n) is 2.06. The van der Waals surface area contributed by atoms with Crippen LogP contribution in [0.2, 0.25) is 0 Å². The van der Waals surface area contributed by atoms with Gasteiger partial charge < -0.3 is 16.0 Å². The largest absolute Gasteiger partial charge is 0.338 e. The molecule has 2 aromatic rings. The first-order chi connectivity index (χ1) is 11.0. The van der Waals surface area contributed by atoms with Gasteiger partial charge in [-0.15, -0.1) is 0 Å². The molecule has 23 heavy (non-hydrogen) atoms. The van der Waals surface area contributed by atoms with E-state index in [1.807, 2.05) is 31.2 Å². The molecule has 6 nitrogen and oxygen atoms in total. The number of carbonyl (C=O) groups excluding carboxylic acids is 2. The van der Waals surface area contributed by atoms with Crippen molar-refractivity contribution in [3.8, 4) is 0 Å². The molecule has 0 aliphatic rings. The van der Waals surface area contributed by atoms with E-state index in [1.165, 1.54) is 6.92 Å². The number of amides is 3. The molecular formula is C17H20N4O2. The van der Waals surface area contributed by atoms with Gasteiger partial charge in [-0.2, -0.15) is 0 Å². The van der Waals surface area contributed by atoms with Crippen molar-refractivity contribution < 1.29 is 9.59 Å². The molecule has 1 heterocycles. The minimum Gasteiger partial charge on any atom is -0.338 e. The summed E-state index contributed by atoms with van der Waals surface area (Å²) in [6, 6.07) is 9.06. The van der Waals surface area contributed by atoms with E-state index >= 15 is 0 Å². The third-order valence-electron chi connectivity index (χ3n) is 3.24. The maximum absolute atomic E-state index is 11.8. The van der Waals surface area contributed by atoms with Crippen molar-refractivity contribution in [2.75, 3.05) is 17.2 Å². The van der Waals surface area contributed by atoms with E-state index in [0.29, 0.717) is 13.0 Å². The summed E-state index contributed by atoms with van der Waals surface area (Å²) in [5.41, 5.74) is 3.51. The Labute approximate surface area is 135 Å². The standard InChI is InChI=1S/C17H20N4O2/c1-12-11-18-9-8-16(12)21-17(23)19-10-7-14-3-5-15(6-4-14)20-13(2)22/h3-6,8-9,11H,7,10H2,1-2H3,(H,20,22)(H2,18,19,21,23). The number of rotatable bonds is 5. The van der Waals surface area contributed by atoms with Gasteiger partial charge in [0.05, 0.1) is 0 Å². The van der Waals surface area contributed by atoms with Crippen molar-refractivity contribution >= 4 is 23.3 Å². The van der Waals surface area contributed by atoms with E-state index in [0.717, 1.165) is 22.5 Å². The molecule has 6 heteroatoms. The average Bonchev–Trinajstić information content (AvgIpc) is 2.51. The van der Waals surface area contributed by atoms with Crippen LogP contribution in [0.5, 0.6) is 0 Å². The first-order valence-electron chi connectivity index (χ1n) is 7.36. The Balaban J connectivity index is 1.77. The Morgan fingerprint density at radius 3 is 2.48 bits per heavy atom. The number of pyridine rings is 1. The molecule has 3 amide bonds. The van der Waals surface area contributed by atoms with E-state index in [4.69, 9.17) is 0 Å². The van der Waals surface area contributed by atoms with Gasteiger partial charge in [0, 0.05) is 37.2 Å². The quantitative estimate of drug-likeness (QED) is 0.794. The highest BCUT2D eigenvalue weighted by Crippen LogP contribution is 2.11. The lowest BCUT2D eigenvalue weighted by Gasteiger charge is -2.09. The Morgan fingerprint density at radius 2 is 1.83 bits per heavy atom. The molecule has 0 saturated heterocycles. The normalized spacial score (nSPS) is 10.0. The predicted octanol–water partition coefficient (Wildman–Crippen LogP) is 2.71. The Hall–Kier alpha value is -2.89. The molecule has 0 aliphatic heterocycles. The van der Waals surface area contributed by atoms with E-state index in [9.17, 15) is 9.59 Å². The zero-order valence-corrected chi connectivity index (χ0v) is 13.2. The highest BCUT2D eigenvalue weighted by molar-refractivity contribution is 5.90. The second kappa shape index (κ2) is 7.93. The van der Waals surface area contributed by atoms with Gasteiger partial charge in [0.15, 0.2) is 0 Å². The molecule has 120 valence electrons. The minimum atomic E-state index is -0.242. The number of aromatic nitrogens is 1. The van der Waals surface area contributed by atoms with Crippen molar-refractivity contribution in [2.24, 2.45) is 0 Å². The second-order valence-corrected chi connectivity index (χ2v) is 5.20. The van der Waals surface area contributed by atoms with Crippen molar-refractivity contribution in [1.29, 1.82) is 0 Å². The van der Waals surface area contributed by atoms with Crippen LogP contribution < -0.4 is 16.0 Å². The third-order valence-corrected chi connectivity index (χ3v) is 3.24. The molecule has 1 aromatic carbocycles. The zero-order valence-electron chi connectivity index (χ0n) is 13.2. The number of carbonyl (C=O) groups is 2. The summed E-state index contributed by atoms with van der Waals surface area (Å²) in [5, 5.41) is 8.32. The zero-order chi connectivity index (χ0) is 16.7. The van der Waals surface area contributed by atoms with Gasteiger partial charge >= 0.3 is 6.03 Å². The fraction of sp³-hybridized carbons (Fsp3) is 0.235. The van der Waals surface area contributed by atoms with Crippen molar-refractivity contribution in [3.05, 3.63) is 53.9 Å². The number of anilines is 2. The molecule has 0 radical (unpaired) electrons. The Morgan fingerprint density at radius 1 is 1.09 bits per heavy atom. The summed E-state index contributed by atoms with van der Waals surface area (Å²) in [7, 11) is 0. The first kappa shape index (κ1) is 16.5. The second-order valence-electron chi connectivity index (χ2n) is 5.20. The number of hydrogen-bond donors (Lipinski definition) is 3. The molecule has 0 unspecified atom stereocenters. The van der Waals surface area contributed by atoms with Crippen LogP contribution in [0.4, 0.5) is 16.2 Å². The molecule has 0 bridgehead atoms. The average molecular weight is 312 g/mol. The van der Waals surface area contributed by atoms with Gasteiger partial charge in [-0.1, -0.05) is 12.1 Å². The SMILES string of the molecule is CC(=O)Nc1ccc(CCNC(=O)Nc2ccncc2C)cc1. The van der Waals surface area contributed by atoms with Crippen molar-refractivity contribution in [3.63, 3.8) is 0 Å². The summed E-state index contributed by atoms with van der Waals surface area (Å²) in [4.78, 5) is 26.8. The van der Waals surface area contributed by atoms with Gasteiger partial charge in [-0.05, 0) is 42.7 Å². The summed E-state index contributed by atoms with van der Waals surface area (Å²) in [5.74, 6) is -0.0949. The lowest BCUT2D eigenvalue weighted by atomic mass is 10.1. The van der Waals surface area contributed by atoms with Gasteiger partial charge in [-0.25, -0.2) is 4.79 Å². The molecule has 0 saturated carbocycles. The Bertz CT molecular complexity index is 683. The molecule has 0 aliphatic carbocycles. The van der Waals surface area contributed by atoms with Crippen molar-refractivity contribution in [2.45, 2.75) is 20.3 Å². The highest BCUT2D eigenvalue weighted by Gasteiger charge is 2.03. The van der Waals surface area contributed by atoms with Gasteiger partial charge in [0.25, 0.3) is 0 Å². The van der Waals surface area contributed by atoms with E-state index in [-0.39, 0.29) is 11.9 Å². The van der Waals surface area contributed by atoms with Crippen molar-refractivity contribution in [1.82, 2.24) is 10.3 Å². The number of nitrogens with zero attached hydrogens (tertiary/aromatic N) is 1. The van der Waals surface area contributed by atoms with Crippen LogP contribution in [-0.2, 0) is 11.2 Å². The van der Waals surface area contributed by atoms with Gasteiger partial charge in [0.1, 0.15) is 0 Å². The summed E-state index contributed by atoms with van der Waals surface area (Å²) >= 11 is 0. The van der Waals surface area contributed by atoms with Crippen LogP contribution in [0.25, 0.3) is 0 Å². The number of hydrogen-bond acceptors (Lipinski definition) is 3. The van der Waals surface area contributed by atoms with Crippen LogP contribution in [-0.4, -0.2) is 23.5 Å². The van der Waals surface area contributed by atoms with Gasteiger partial charge in [0.2, 0.25) is 5.91 Å². The van der Waals surface area contributed by atoms with Crippen LogP contribution >= 0.6 is 0 Å². The summed E-state index contributed by atoms with van der Waals surface area (Å²) in [6.07, 6.45) is 4.05. The number of urea groups is 1. The first-order valence-corrected chi connectivity index (χ1v) is 7.36. The predicted molar refractivity (Wildman–Crippen MR) is 90.4 cm³/mol.